The summed E-state index contributed by atoms with van der Waals surface area (Å²) in [4.78, 5) is 23.7. The van der Waals surface area contributed by atoms with Gasteiger partial charge in [0, 0.05) is 18.2 Å². The number of aliphatic hydroxyl groups excluding tert-OH is 1. The van der Waals surface area contributed by atoms with Gasteiger partial charge in [0.15, 0.2) is 0 Å². The van der Waals surface area contributed by atoms with Crippen LogP contribution in [-0.2, 0) is 9.59 Å². The molecule has 0 aromatic heterocycles. The molecule has 2 rings (SSSR count). The zero-order valence-corrected chi connectivity index (χ0v) is 13.2. The van der Waals surface area contributed by atoms with Gasteiger partial charge in [0.2, 0.25) is 0 Å². The molecule has 2 atom stereocenters. The highest BCUT2D eigenvalue weighted by molar-refractivity contribution is 6.39. The number of hydrogen-bond donors (Lipinski definition) is 3. The largest absolute Gasteiger partial charge is 0.393 e. The van der Waals surface area contributed by atoms with Gasteiger partial charge in [-0.25, -0.2) is 0 Å². The molecule has 120 valence electrons. The summed E-state index contributed by atoms with van der Waals surface area (Å²) in [5.41, 5.74) is 2.80. The second-order valence-corrected chi connectivity index (χ2v) is 6.08. The van der Waals surface area contributed by atoms with Crippen molar-refractivity contribution in [2.75, 3.05) is 11.9 Å². The summed E-state index contributed by atoms with van der Waals surface area (Å²) in [5, 5.41) is 15.1. The first-order chi connectivity index (χ1) is 10.5. The van der Waals surface area contributed by atoms with Crippen molar-refractivity contribution in [3.63, 3.8) is 0 Å². The molecule has 1 fully saturated rings. The van der Waals surface area contributed by atoms with Gasteiger partial charge in [-0.05, 0) is 49.9 Å². The van der Waals surface area contributed by atoms with Gasteiger partial charge in [-0.3, -0.25) is 9.59 Å². The number of benzene rings is 1. The molecule has 1 saturated carbocycles. The molecule has 3 N–H and O–H groups in total. The van der Waals surface area contributed by atoms with Crippen LogP contribution in [0.4, 0.5) is 5.69 Å². The summed E-state index contributed by atoms with van der Waals surface area (Å²) in [5.74, 6) is -1.28. The van der Waals surface area contributed by atoms with Gasteiger partial charge in [-0.1, -0.05) is 18.9 Å². The third-order valence-electron chi connectivity index (χ3n) is 4.36. The second-order valence-electron chi connectivity index (χ2n) is 6.08. The lowest BCUT2D eigenvalue weighted by Crippen LogP contribution is -2.41. The van der Waals surface area contributed by atoms with Crippen LogP contribution in [0, 0.1) is 19.8 Å². The average Bonchev–Trinajstić information content (AvgIpc) is 2.50. The molecule has 1 aliphatic rings. The fourth-order valence-electron chi connectivity index (χ4n) is 2.74. The lowest BCUT2D eigenvalue weighted by Gasteiger charge is -2.27. The Morgan fingerprint density at radius 3 is 2.55 bits per heavy atom. The standard InChI is InChI=1S/C17H24N2O3/c1-11-7-8-14(9-12(11)2)19-17(22)16(21)18-10-13-5-3-4-6-15(13)20/h7-9,13,15,20H,3-6,10H2,1-2H3,(H,18,21)(H,19,22)/t13-,15-/m1/s1. The predicted octanol–water partition coefficient (Wildman–Crippen LogP) is 1.91. The first-order valence-electron chi connectivity index (χ1n) is 7.82. The first-order valence-corrected chi connectivity index (χ1v) is 7.82. The van der Waals surface area contributed by atoms with Gasteiger partial charge in [0.1, 0.15) is 0 Å². The predicted molar refractivity (Wildman–Crippen MR) is 85.5 cm³/mol. The molecule has 0 heterocycles. The van der Waals surface area contributed by atoms with Crippen LogP contribution in [0.15, 0.2) is 18.2 Å². The van der Waals surface area contributed by atoms with Crippen LogP contribution in [-0.4, -0.2) is 29.6 Å². The molecule has 1 aromatic rings. The number of amides is 2. The van der Waals surface area contributed by atoms with Crippen LogP contribution < -0.4 is 10.6 Å². The zero-order valence-electron chi connectivity index (χ0n) is 13.2. The Morgan fingerprint density at radius 1 is 1.14 bits per heavy atom. The van der Waals surface area contributed by atoms with Crippen LogP contribution in [0.25, 0.3) is 0 Å². The molecule has 0 spiro atoms. The van der Waals surface area contributed by atoms with Crippen molar-refractivity contribution < 1.29 is 14.7 Å². The molecular formula is C17H24N2O3. The number of rotatable bonds is 3. The molecule has 2 amide bonds. The third kappa shape index (κ3) is 4.31. The molecule has 1 aromatic carbocycles. The summed E-state index contributed by atoms with van der Waals surface area (Å²) in [6.07, 6.45) is 3.37. The second kappa shape index (κ2) is 7.40. The zero-order chi connectivity index (χ0) is 16.1. The van der Waals surface area contributed by atoms with E-state index in [2.05, 4.69) is 10.6 Å². The maximum Gasteiger partial charge on any atom is 0.313 e. The van der Waals surface area contributed by atoms with Crippen LogP contribution in [0.5, 0.6) is 0 Å². The Kier molecular flexibility index (Phi) is 5.55. The average molecular weight is 304 g/mol. The summed E-state index contributed by atoms with van der Waals surface area (Å²) in [6, 6.07) is 5.52. The van der Waals surface area contributed by atoms with Crippen molar-refractivity contribution >= 4 is 17.5 Å². The molecule has 0 aliphatic heterocycles. The monoisotopic (exact) mass is 304 g/mol. The van der Waals surface area contributed by atoms with E-state index in [-0.39, 0.29) is 12.0 Å². The van der Waals surface area contributed by atoms with E-state index >= 15 is 0 Å². The van der Waals surface area contributed by atoms with Gasteiger partial charge in [-0.15, -0.1) is 0 Å². The van der Waals surface area contributed by atoms with E-state index in [0.29, 0.717) is 12.2 Å². The van der Waals surface area contributed by atoms with E-state index in [4.69, 9.17) is 0 Å². The first kappa shape index (κ1) is 16.5. The van der Waals surface area contributed by atoms with E-state index in [9.17, 15) is 14.7 Å². The summed E-state index contributed by atoms with van der Waals surface area (Å²) in [6.45, 7) is 4.29. The highest BCUT2D eigenvalue weighted by atomic mass is 16.3. The van der Waals surface area contributed by atoms with E-state index in [1.54, 1.807) is 6.07 Å². The molecule has 0 bridgehead atoms. The smallest absolute Gasteiger partial charge is 0.313 e. The normalized spacial score (nSPS) is 21.2. The number of aliphatic hydroxyl groups is 1. The molecule has 5 heteroatoms. The third-order valence-corrected chi connectivity index (χ3v) is 4.36. The molecular weight excluding hydrogens is 280 g/mol. The highest BCUT2D eigenvalue weighted by Crippen LogP contribution is 2.23. The number of hydrogen-bond acceptors (Lipinski definition) is 3. The Morgan fingerprint density at radius 2 is 1.86 bits per heavy atom. The van der Waals surface area contributed by atoms with E-state index in [1.807, 2.05) is 26.0 Å². The highest BCUT2D eigenvalue weighted by Gasteiger charge is 2.24. The van der Waals surface area contributed by atoms with Crippen molar-refractivity contribution in [2.24, 2.45) is 5.92 Å². The van der Waals surface area contributed by atoms with Crippen molar-refractivity contribution in [1.29, 1.82) is 0 Å². The summed E-state index contributed by atoms with van der Waals surface area (Å²) < 4.78 is 0. The van der Waals surface area contributed by atoms with Gasteiger partial charge in [-0.2, -0.15) is 0 Å². The lowest BCUT2D eigenvalue weighted by atomic mass is 9.86. The maximum atomic E-state index is 11.9. The van der Waals surface area contributed by atoms with E-state index in [0.717, 1.165) is 36.8 Å². The Hall–Kier alpha value is -1.88. The molecule has 0 unspecified atom stereocenters. The molecule has 1 aliphatic carbocycles. The minimum Gasteiger partial charge on any atom is -0.393 e. The fraction of sp³-hybridized carbons (Fsp3) is 0.529. The minimum atomic E-state index is -0.673. The Labute approximate surface area is 131 Å². The van der Waals surface area contributed by atoms with Gasteiger partial charge in [0.05, 0.1) is 6.10 Å². The number of aryl methyl sites for hydroxylation is 2. The van der Waals surface area contributed by atoms with Crippen LogP contribution in [0.2, 0.25) is 0 Å². The van der Waals surface area contributed by atoms with Gasteiger partial charge >= 0.3 is 11.8 Å². The molecule has 22 heavy (non-hydrogen) atoms. The lowest BCUT2D eigenvalue weighted by molar-refractivity contribution is -0.136. The van der Waals surface area contributed by atoms with Crippen molar-refractivity contribution in [2.45, 2.75) is 45.6 Å². The summed E-state index contributed by atoms with van der Waals surface area (Å²) >= 11 is 0. The van der Waals surface area contributed by atoms with Crippen LogP contribution in [0.1, 0.15) is 36.8 Å². The fourth-order valence-corrected chi connectivity index (χ4v) is 2.74. The SMILES string of the molecule is Cc1ccc(NC(=O)C(=O)NC[C@H]2CCCC[C@H]2O)cc1C. The Bertz CT molecular complexity index is 557. The quantitative estimate of drug-likeness (QED) is 0.746. The molecule has 5 nitrogen and oxygen atoms in total. The van der Waals surface area contributed by atoms with Crippen molar-refractivity contribution in [1.82, 2.24) is 5.32 Å². The van der Waals surface area contributed by atoms with Gasteiger partial charge < -0.3 is 15.7 Å². The van der Waals surface area contributed by atoms with Gasteiger partial charge in [0.25, 0.3) is 0 Å². The number of carbonyl (C=O) groups is 2. The van der Waals surface area contributed by atoms with Crippen molar-refractivity contribution in [3.8, 4) is 0 Å². The number of anilines is 1. The number of nitrogens with one attached hydrogen (secondary N) is 2. The summed E-state index contributed by atoms with van der Waals surface area (Å²) in [7, 11) is 0. The minimum absolute atomic E-state index is 0.0483. The maximum absolute atomic E-state index is 11.9. The number of carbonyl (C=O) groups excluding carboxylic acids is 2. The topological polar surface area (TPSA) is 78.4 Å². The Balaban J connectivity index is 1.84. The van der Waals surface area contributed by atoms with Crippen LogP contribution in [0.3, 0.4) is 0 Å². The van der Waals surface area contributed by atoms with Crippen LogP contribution >= 0.6 is 0 Å². The molecule has 0 radical (unpaired) electrons. The molecule has 0 saturated heterocycles. The van der Waals surface area contributed by atoms with E-state index in [1.165, 1.54) is 0 Å². The van der Waals surface area contributed by atoms with E-state index < -0.39 is 11.8 Å². The van der Waals surface area contributed by atoms with Crippen molar-refractivity contribution in [3.05, 3.63) is 29.3 Å².